The van der Waals surface area contributed by atoms with E-state index in [0.29, 0.717) is 15.8 Å². The molecule has 2 aliphatic carbocycles. The number of carbonyl (C=O) groups is 1. The van der Waals surface area contributed by atoms with Crippen molar-refractivity contribution in [3.05, 3.63) is 34.2 Å². The highest BCUT2D eigenvalue weighted by molar-refractivity contribution is 7.21. The standard InChI is InChI=1S/C16H15ClN2OS/c17-14-11-3-1-2-4-13(11)21-15(14)16(20)19-18-12-8-9-5-6-10(12)7-9/h1-4,9-10H,5-8H2,(H,19,20)/b18-12-/t9-,10-/m0/s1. The highest BCUT2D eigenvalue weighted by Gasteiger charge is 2.36. The molecule has 21 heavy (non-hydrogen) atoms. The van der Waals surface area contributed by atoms with Gasteiger partial charge in [0.2, 0.25) is 0 Å². The van der Waals surface area contributed by atoms with Crippen LogP contribution in [-0.2, 0) is 0 Å². The van der Waals surface area contributed by atoms with Crippen LogP contribution >= 0.6 is 22.9 Å². The van der Waals surface area contributed by atoms with E-state index in [1.165, 1.54) is 30.6 Å². The molecule has 2 atom stereocenters. The molecule has 1 heterocycles. The van der Waals surface area contributed by atoms with Crippen molar-refractivity contribution in [3.8, 4) is 0 Å². The number of nitrogens with zero attached hydrogens (tertiary/aromatic N) is 1. The first-order valence-corrected chi connectivity index (χ1v) is 8.45. The van der Waals surface area contributed by atoms with E-state index in [1.807, 2.05) is 24.3 Å². The number of hydrazone groups is 1. The fourth-order valence-corrected chi connectivity index (χ4v) is 4.90. The van der Waals surface area contributed by atoms with E-state index >= 15 is 0 Å². The van der Waals surface area contributed by atoms with Crippen molar-refractivity contribution in [2.45, 2.75) is 25.7 Å². The number of nitrogens with one attached hydrogen (secondary N) is 1. The average molecular weight is 319 g/mol. The molecule has 108 valence electrons. The Hall–Kier alpha value is -1.39. The van der Waals surface area contributed by atoms with Gasteiger partial charge in [-0.15, -0.1) is 11.3 Å². The normalized spacial score (nSPS) is 25.9. The summed E-state index contributed by atoms with van der Waals surface area (Å²) in [7, 11) is 0. The van der Waals surface area contributed by atoms with E-state index in [-0.39, 0.29) is 5.91 Å². The van der Waals surface area contributed by atoms with Crippen LogP contribution < -0.4 is 5.43 Å². The Morgan fingerprint density at radius 1 is 1.33 bits per heavy atom. The van der Waals surface area contributed by atoms with E-state index < -0.39 is 0 Å². The van der Waals surface area contributed by atoms with Crippen LogP contribution in [-0.4, -0.2) is 11.6 Å². The lowest BCUT2D eigenvalue weighted by atomic mass is 9.99. The van der Waals surface area contributed by atoms with Crippen molar-refractivity contribution in [2.24, 2.45) is 16.9 Å². The molecule has 2 saturated carbocycles. The van der Waals surface area contributed by atoms with Gasteiger partial charge in [0.15, 0.2) is 0 Å². The summed E-state index contributed by atoms with van der Waals surface area (Å²) >= 11 is 7.73. The largest absolute Gasteiger partial charge is 0.283 e. The summed E-state index contributed by atoms with van der Waals surface area (Å²) in [6, 6.07) is 7.79. The lowest BCUT2D eigenvalue weighted by Crippen LogP contribution is -2.21. The minimum atomic E-state index is -0.198. The molecule has 1 N–H and O–H groups in total. The third-order valence-electron chi connectivity index (χ3n) is 4.55. The van der Waals surface area contributed by atoms with Gasteiger partial charge in [-0.25, -0.2) is 5.43 Å². The number of halogens is 1. The van der Waals surface area contributed by atoms with Crippen LogP contribution in [0.3, 0.4) is 0 Å². The Balaban J connectivity index is 1.56. The Labute approximate surface area is 132 Å². The molecule has 0 radical (unpaired) electrons. The summed E-state index contributed by atoms with van der Waals surface area (Å²) in [5.74, 6) is 1.18. The Bertz CT molecular complexity index is 752. The zero-order valence-corrected chi connectivity index (χ0v) is 13.0. The molecule has 4 rings (SSSR count). The average Bonchev–Trinajstić information content (AvgIpc) is 3.20. The zero-order chi connectivity index (χ0) is 14.4. The van der Waals surface area contributed by atoms with Gasteiger partial charge in [-0.05, 0) is 43.6 Å². The fraction of sp³-hybridized carbons (Fsp3) is 0.375. The minimum absolute atomic E-state index is 0.198. The molecule has 1 aromatic heterocycles. The van der Waals surface area contributed by atoms with Crippen molar-refractivity contribution in [3.63, 3.8) is 0 Å². The predicted molar refractivity (Wildman–Crippen MR) is 87.2 cm³/mol. The van der Waals surface area contributed by atoms with E-state index in [1.54, 1.807) is 0 Å². The number of rotatable bonds is 2. The maximum atomic E-state index is 12.3. The highest BCUT2D eigenvalue weighted by atomic mass is 35.5. The number of fused-ring (bicyclic) bond motifs is 3. The lowest BCUT2D eigenvalue weighted by molar-refractivity contribution is 0.0958. The number of hydrogen-bond donors (Lipinski definition) is 1. The number of benzene rings is 1. The first-order valence-electron chi connectivity index (χ1n) is 7.26. The van der Waals surface area contributed by atoms with Gasteiger partial charge in [-0.2, -0.15) is 5.10 Å². The van der Waals surface area contributed by atoms with E-state index in [9.17, 15) is 4.79 Å². The van der Waals surface area contributed by atoms with Crippen LogP contribution in [0.2, 0.25) is 5.02 Å². The van der Waals surface area contributed by atoms with E-state index in [4.69, 9.17) is 11.6 Å². The molecule has 1 amide bonds. The number of carbonyl (C=O) groups excluding carboxylic acids is 1. The second-order valence-corrected chi connectivity index (χ2v) is 7.30. The summed E-state index contributed by atoms with van der Waals surface area (Å²) in [4.78, 5) is 12.9. The highest BCUT2D eigenvalue weighted by Crippen LogP contribution is 2.42. The SMILES string of the molecule is O=C(N/N=C1/C[C@H]2CC[C@H]1C2)c1sc2ccccc2c1Cl. The third-order valence-corrected chi connectivity index (χ3v) is 6.23. The van der Waals surface area contributed by atoms with Crippen molar-refractivity contribution in [2.75, 3.05) is 0 Å². The van der Waals surface area contributed by atoms with Gasteiger partial charge in [-0.3, -0.25) is 4.79 Å². The van der Waals surface area contributed by atoms with Crippen LogP contribution in [0.5, 0.6) is 0 Å². The second kappa shape index (κ2) is 5.11. The molecular formula is C16H15ClN2OS. The number of thiophene rings is 1. The molecule has 2 bridgehead atoms. The first-order chi connectivity index (χ1) is 10.2. The van der Waals surface area contributed by atoms with Gasteiger partial charge < -0.3 is 0 Å². The van der Waals surface area contributed by atoms with Crippen LogP contribution in [0.15, 0.2) is 29.4 Å². The van der Waals surface area contributed by atoms with Crippen LogP contribution in [0, 0.1) is 11.8 Å². The van der Waals surface area contributed by atoms with Crippen molar-refractivity contribution in [1.82, 2.24) is 5.43 Å². The molecule has 1 aromatic carbocycles. The Morgan fingerprint density at radius 2 is 2.19 bits per heavy atom. The molecule has 0 unspecified atom stereocenters. The third kappa shape index (κ3) is 2.27. The maximum absolute atomic E-state index is 12.3. The predicted octanol–water partition coefficient (Wildman–Crippen LogP) is 4.46. The summed E-state index contributed by atoms with van der Waals surface area (Å²) in [6.07, 6.45) is 4.84. The van der Waals surface area contributed by atoms with Gasteiger partial charge in [0.1, 0.15) is 4.88 Å². The molecule has 2 aliphatic rings. The zero-order valence-electron chi connectivity index (χ0n) is 11.4. The summed E-state index contributed by atoms with van der Waals surface area (Å²) in [5, 5.41) is 5.82. The summed E-state index contributed by atoms with van der Waals surface area (Å²) in [6.45, 7) is 0. The molecule has 2 aromatic rings. The molecule has 0 saturated heterocycles. The monoisotopic (exact) mass is 318 g/mol. The van der Waals surface area contributed by atoms with Gasteiger partial charge in [0, 0.05) is 15.8 Å². The molecule has 3 nitrogen and oxygen atoms in total. The molecule has 5 heteroatoms. The Kier molecular flexibility index (Phi) is 3.23. The maximum Gasteiger partial charge on any atom is 0.283 e. The molecule has 0 spiro atoms. The topological polar surface area (TPSA) is 41.5 Å². The smallest absolute Gasteiger partial charge is 0.266 e. The number of hydrogen-bond acceptors (Lipinski definition) is 3. The molecule has 2 fully saturated rings. The van der Waals surface area contributed by atoms with E-state index in [0.717, 1.165) is 28.1 Å². The second-order valence-electron chi connectivity index (χ2n) is 5.87. The van der Waals surface area contributed by atoms with E-state index in [2.05, 4.69) is 10.5 Å². The number of amides is 1. The van der Waals surface area contributed by atoms with Crippen LogP contribution in [0.1, 0.15) is 35.4 Å². The van der Waals surface area contributed by atoms with Gasteiger partial charge in [0.05, 0.1) is 5.02 Å². The lowest BCUT2D eigenvalue weighted by Gasteiger charge is -2.11. The van der Waals surface area contributed by atoms with Crippen LogP contribution in [0.4, 0.5) is 0 Å². The first kappa shape index (κ1) is 13.3. The van der Waals surface area contributed by atoms with Crippen molar-refractivity contribution in [1.29, 1.82) is 0 Å². The Morgan fingerprint density at radius 3 is 2.90 bits per heavy atom. The quantitative estimate of drug-likeness (QED) is 0.816. The fourth-order valence-electron chi connectivity index (χ4n) is 3.50. The summed E-state index contributed by atoms with van der Waals surface area (Å²) in [5.41, 5.74) is 3.87. The van der Waals surface area contributed by atoms with Crippen molar-refractivity contribution < 1.29 is 4.79 Å². The summed E-state index contributed by atoms with van der Waals surface area (Å²) < 4.78 is 1.03. The van der Waals surface area contributed by atoms with Gasteiger partial charge in [-0.1, -0.05) is 29.8 Å². The minimum Gasteiger partial charge on any atom is -0.266 e. The molecule has 0 aliphatic heterocycles. The van der Waals surface area contributed by atoms with Crippen LogP contribution in [0.25, 0.3) is 10.1 Å². The van der Waals surface area contributed by atoms with Gasteiger partial charge >= 0.3 is 0 Å². The van der Waals surface area contributed by atoms with Gasteiger partial charge in [0.25, 0.3) is 5.91 Å². The molecular weight excluding hydrogens is 304 g/mol. The van der Waals surface area contributed by atoms with Crippen molar-refractivity contribution >= 4 is 44.6 Å².